The van der Waals surface area contributed by atoms with E-state index in [0.29, 0.717) is 0 Å². The average molecular weight is 205 g/mol. The maximum absolute atomic E-state index is 10.2. The lowest BCUT2D eigenvalue weighted by Crippen LogP contribution is -2.09. The van der Waals surface area contributed by atoms with E-state index in [1.807, 2.05) is 34.0 Å². The van der Waals surface area contributed by atoms with Gasteiger partial charge in [-0.15, -0.1) is 0 Å². The number of benzene rings is 1. The number of rotatable bonds is 3. The number of nitrogens with two attached hydrogens (primary N) is 1. The van der Waals surface area contributed by atoms with Gasteiger partial charge in [-0.1, -0.05) is 0 Å². The fourth-order valence-corrected chi connectivity index (χ4v) is 1.73. The molecule has 0 saturated carbocycles. The number of anilines is 2. The quantitative estimate of drug-likeness (QED) is 0.742. The standard InChI is InChI=1S/C12H17N2O/c1-7-9(3)12(14-5-6-15)10(4)8(2)11(7)13/h14H,5,13H2,1-4H3. The number of nitrogens with one attached hydrogen (secondary N) is 1. The largest absolute Gasteiger partial charge is 0.398 e. The molecule has 1 aromatic rings. The molecule has 0 aliphatic heterocycles. The monoisotopic (exact) mass is 205 g/mol. The van der Waals surface area contributed by atoms with E-state index >= 15 is 0 Å². The van der Waals surface area contributed by atoms with Crippen LogP contribution in [0.2, 0.25) is 0 Å². The van der Waals surface area contributed by atoms with Crippen molar-refractivity contribution in [1.29, 1.82) is 0 Å². The summed E-state index contributed by atoms with van der Waals surface area (Å²) in [5.74, 6) is 0. The Bertz CT molecular complexity index is 368. The molecule has 0 aromatic heterocycles. The van der Waals surface area contributed by atoms with Crippen molar-refractivity contribution in [3.8, 4) is 0 Å². The van der Waals surface area contributed by atoms with Gasteiger partial charge in [0, 0.05) is 11.4 Å². The highest BCUT2D eigenvalue weighted by atomic mass is 16.1. The molecule has 15 heavy (non-hydrogen) atoms. The molecule has 0 amide bonds. The van der Waals surface area contributed by atoms with Crippen molar-refractivity contribution >= 4 is 17.7 Å². The molecule has 0 atom stereocenters. The zero-order chi connectivity index (χ0) is 11.6. The van der Waals surface area contributed by atoms with Crippen molar-refractivity contribution in [2.75, 3.05) is 17.6 Å². The highest BCUT2D eigenvalue weighted by Gasteiger charge is 2.11. The van der Waals surface area contributed by atoms with Crippen molar-refractivity contribution in [2.45, 2.75) is 27.7 Å². The molecule has 3 heteroatoms. The van der Waals surface area contributed by atoms with Crippen LogP contribution in [-0.2, 0) is 4.79 Å². The van der Waals surface area contributed by atoms with Crippen molar-refractivity contribution in [3.63, 3.8) is 0 Å². The first-order valence-electron chi connectivity index (χ1n) is 4.95. The molecule has 1 radical (unpaired) electrons. The Morgan fingerprint density at radius 1 is 1.07 bits per heavy atom. The summed E-state index contributed by atoms with van der Waals surface area (Å²) in [5, 5.41) is 3.06. The molecule has 0 bridgehead atoms. The summed E-state index contributed by atoms with van der Waals surface area (Å²) in [4.78, 5) is 10.2. The van der Waals surface area contributed by atoms with E-state index in [9.17, 15) is 4.79 Å². The van der Waals surface area contributed by atoms with Crippen molar-refractivity contribution in [1.82, 2.24) is 0 Å². The number of carbonyl (C=O) groups excluding carboxylic acids is 1. The molecule has 0 heterocycles. The fourth-order valence-electron chi connectivity index (χ4n) is 1.73. The van der Waals surface area contributed by atoms with Gasteiger partial charge in [-0.25, -0.2) is 0 Å². The Balaban J connectivity index is 3.31. The van der Waals surface area contributed by atoms with E-state index in [2.05, 4.69) is 5.32 Å². The molecule has 1 aromatic carbocycles. The van der Waals surface area contributed by atoms with E-state index in [1.54, 1.807) is 0 Å². The third kappa shape index (κ3) is 1.96. The third-order valence-electron chi connectivity index (χ3n) is 3.02. The molecule has 3 N–H and O–H groups in total. The molecule has 0 fully saturated rings. The fraction of sp³-hybridized carbons (Fsp3) is 0.417. The number of hydrogen-bond donors (Lipinski definition) is 2. The Morgan fingerprint density at radius 2 is 1.53 bits per heavy atom. The van der Waals surface area contributed by atoms with E-state index in [-0.39, 0.29) is 6.54 Å². The minimum absolute atomic E-state index is 0.213. The Kier molecular flexibility index (Phi) is 3.35. The van der Waals surface area contributed by atoms with Gasteiger partial charge in [-0.3, -0.25) is 4.79 Å². The second-order valence-corrected chi connectivity index (χ2v) is 3.79. The van der Waals surface area contributed by atoms with E-state index in [0.717, 1.165) is 33.6 Å². The summed E-state index contributed by atoms with van der Waals surface area (Å²) in [6.45, 7) is 8.21. The van der Waals surface area contributed by atoms with Gasteiger partial charge in [0.25, 0.3) is 0 Å². The van der Waals surface area contributed by atoms with Crippen LogP contribution in [-0.4, -0.2) is 12.8 Å². The molecule has 1 rings (SSSR count). The second kappa shape index (κ2) is 4.34. The third-order valence-corrected chi connectivity index (χ3v) is 3.02. The van der Waals surface area contributed by atoms with Crippen LogP contribution in [0.5, 0.6) is 0 Å². The zero-order valence-electron chi connectivity index (χ0n) is 9.69. The summed E-state index contributed by atoms with van der Waals surface area (Å²) >= 11 is 0. The minimum Gasteiger partial charge on any atom is -0.398 e. The maximum Gasteiger partial charge on any atom is 0.219 e. The predicted molar refractivity (Wildman–Crippen MR) is 64.0 cm³/mol. The first-order chi connectivity index (χ1) is 7.00. The molecule has 0 aliphatic carbocycles. The first-order valence-corrected chi connectivity index (χ1v) is 4.95. The van der Waals surface area contributed by atoms with Gasteiger partial charge >= 0.3 is 0 Å². The van der Waals surface area contributed by atoms with E-state index < -0.39 is 0 Å². The maximum atomic E-state index is 10.2. The highest BCUT2D eigenvalue weighted by molar-refractivity contribution is 5.73. The lowest BCUT2D eigenvalue weighted by Gasteiger charge is -2.18. The number of nitrogen functional groups attached to an aromatic ring is 1. The summed E-state index contributed by atoms with van der Waals surface area (Å²) in [6.07, 6.45) is 1.83. The molecule has 0 spiro atoms. The topological polar surface area (TPSA) is 55.1 Å². The molecular formula is C12H17N2O. The molecule has 0 saturated heterocycles. The van der Waals surface area contributed by atoms with Crippen LogP contribution in [0.15, 0.2) is 0 Å². The Morgan fingerprint density at radius 3 is 1.93 bits per heavy atom. The van der Waals surface area contributed by atoms with Gasteiger partial charge in [0.1, 0.15) is 0 Å². The van der Waals surface area contributed by atoms with Crippen molar-refractivity contribution in [2.24, 2.45) is 0 Å². The molecular weight excluding hydrogens is 188 g/mol. The average Bonchev–Trinajstić information content (AvgIpc) is 2.24. The van der Waals surface area contributed by atoms with Gasteiger partial charge in [0.05, 0.1) is 6.54 Å². The summed E-state index contributed by atoms with van der Waals surface area (Å²) in [6, 6.07) is 0. The van der Waals surface area contributed by atoms with E-state index in [4.69, 9.17) is 5.73 Å². The van der Waals surface area contributed by atoms with Gasteiger partial charge in [0.15, 0.2) is 0 Å². The molecule has 3 nitrogen and oxygen atoms in total. The van der Waals surface area contributed by atoms with Crippen LogP contribution in [0.4, 0.5) is 11.4 Å². The van der Waals surface area contributed by atoms with Crippen molar-refractivity contribution in [3.05, 3.63) is 22.3 Å². The van der Waals surface area contributed by atoms with Crippen molar-refractivity contribution < 1.29 is 4.79 Å². The van der Waals surface area contributed by atoms with Gasteiger partial charge in [-0.2, -0.15) is 0 Å². The Labute approximate surface area is 90.7 Å². The highest BCUT2D eigenvalue weighted by Crippen LogP contribution is 2.31. The SMILES string of the molecule is Cc1c(C)c(NC[C]=O)c(C)c(C)c1N. The second-order valence-electron chi connectivity index (χ2n) is 3.79. The molecule has 81 valence electrons. The van der Waals surface area contributed by atoms with Gasteiger partial charge < -0.3 is 11.1 Å². The smallest absolute Gasteiger partial charge is 0.219 e. The summed E-state index contributed by atoms with van der Waals surface area (Å²) < 4.78 is 0. The minimum atomic E-state index is 0.213. The van der Waals surface area contributed by atoms with Crippen LogP contribution in [0.3, 0.4) is 0 Å². The van der Waals surface area contributed by atoms with Gasteiger partial charge in [-0.05, 0) is 49.9 Å². The zero-order valence-corrected chi connectivity index (χ0v) is 9.69. The summed E-state index contributed by atoms with van der Waals surface area (Å²) in [7, 11) is 0. The van der Waals surface area contributed by atoms with Crippen LogP contribution in [0.1, 0.15) is 22.3 Å². The van der Waals surface area contributed by atoms with E-state index in [1.165, 1.54) is 0 Å². The van der Waals surface area contributed by atoms with Crippen LogP contribution < -0.4 is 11.1 Å². The van der Waals surface area contributed by atoms with Gasteiger partial charge in [0.2, 0.25) is 6.29 Å². The summed E-state index contributed by atoms with van der Waals surface area (Å²) in [5.41, 5.74) is 12.2. The van der Waals surface area contributed by atoms with Crippen LogP contribution in [0.25, 0.3) is 0 Å². The molecule has 0 aliphatic rings. The Hall–Kier alpha value is -1.51. The lowest BCUT2D eigenvalue weighted by atomic mass is 9.96. The number of hydrogen-bond acceptors (Lipinski definition) is 3. The first kappa shape index (κ1) is 11.6. The predicted octanol–water partition coefficient (Wildman–Crippen LogP) is 2.02. The van der Waals surface area contributed by atoms with Crippen LogP contribution >= 0.6 is 0 Å². The van der Waals surface area contributed by atoms with Crippen LogP contribution in [0, 0.1) is 27.7 Å². The normalized spacial score (nSPS) is 10.1. The molecule has 0 unspecified atom stereocenters. The lowest BCUT2D eigenvalue weighted by molar-refractivity contribution is 0.557.